The Balaban J connectivity index is 1.93. The number of likely N-dealkylation sites (N-methyl/N-ethyl adjacent to an activating group) is 1. The molecule has 4 heteroatoms. The fourth-order valence-corrected chi connectivity index (χ4v) is 2.83. The highest BCUT2D eigenvalue weighted by Crippen LogP contribution is 2.26. The normalized spacial score (nSPS) is 18.9. The second-order valence-electron chi connectivity index (χ2n) is 5.45. The lowest BCUT2D eigenvalue weighted by Gasteiger charge is -2.29. The van der Waals surface area contributed by atoms with E-state index >= 15 is 0 Å². The number of hydrogen-bond acceptors (Lipinski definition) is 3. The Bertz CT molecular complexity index is 472. The summed E-state index contributed by atoms with van der Waals surface area (Å²) in [6.07, 6.45) is 1.02. The molecule has 1 aromatic carbocycles. The molecule has 116 valence electrons. The van der Waals surface area contributed by atoms with Crippen LogP contribution in [0.2, 0.25) is 0 Å². The van der Waals surface area contributed by atoms with Crippen molar-refractivity contribution in [2.45, 2.75) is 39.3 Å². The van der Waals surface area contributed by atoms with Gasteiger partial charge in [0.05, 0.1) is 18.8 Å². The van der Waals surface area contributed by atoms with Gasteiger partial charge in [0.2, 0.25) is 5.91 Å². The summed E-state index contributed by atoms with van der Waals surface area (Å²) in [5.74, 6) is 0.157. The Morgan fingerprint density at radius 2 is 2.10 bits per heavy atom. The van der Waals surface area contributed by atoms with Gasteiger partial charge < -0.3 is 15.0 Å². The molecule has 1 aliphatic heterocycles. The van der Waals surface area contributed by atoms with E-state index in [0.717, 1.165) is 26.1 Å². The molecule has 2 atom stereocenters. The Hall–Kier alpha value is -1.39. The maximum Gasteiger partial charge on any atom is 0.239 e. The number of benzene rings is 1. The molecule has 0 radical (unpaired) electrons. The van der Waals surface area contributed by atoms with E-state index in [0.29, 0.717) is 6.54 Å². The predicted molar refractivity (Wildman–Crippen MR) is 84.2 cm³/mol. The quantitative estimate of drug-likeness (QED) is 0.873. The van der Waals surface area contributed by atoms with Crippen LogP contribution in [0.5, 0.6) is 0 Å². The molecule has 1 aliphatic rings. The summed E-state index contributed by atoms with van der Waals surface area (Å²) in [6.45, 7) is 8.87. The molecule has 21 heavy (non-hydrogen) atoms. The van der Waals surface area contributed by atoms with E-state index in [2.05, 4.69) is 23.5 Å². The summed E-state index contributed by atoms with van der Waals surface area (Å²) in [5.41, 5.74) is 2.61. The number of carbonyl (C=O) groups excluding carboxylic acids is 1. The van der Waals surface area contributed by atoms with Gasteiger partial charge >= 0.3 is 0 Å². The maximum atomic E-state index is 12.2. The minimum Gasteiger partial charge on any atom is -0.372 e. The van der Waals surface area contributed by atoms with Crippen LogP contribution in [0.3, 0.4) is 0 Å². The molecule has 2 rings (SSSR count). The zero-order valence-electron chi connectivity index (χ0n) is 13.3. The molecule has 0 aliphatic carbocycles. The zero-order chi connectivity index (χ0) is 15.2. The van der Waals surface area contributed by atoms with E-state index in [-0.39, 0.29) is 18.1 Å². The molecule has 4 nitrogen and oxygen atoms in total. The fourth-order valence-electron chi connectivity index (χ4n) is 2.83. The smallest absolute Gasteiger partial charge is 0.239 e. The number of hydrogen-bond donors (Lipinski definition) is 1. The van der Waals surface area contributed by atoms with Crippen molar-refractivity contribution in [3.63, 3.8) is 0 Å². The van der Waals surface area contributed by atoms with Gasteiger partial charge in [0.25, 0.3) is 0 Å². The Kier molecular flexibility index (Phi) is 5.76. The lowest BCUT2D eigenvalue weighted by atomic mass is 9.97. The van der Waals surface area contributed by atoms with Crippen molar-refractivity contribution < 1.29 is 9.53 Å². The summed E-state index contributed by atoms with van der Waals surface area (Å²) in [4.78, 5) is 14.1. The van der Waals surface area contributed by atoms with Crippen molar-refractivity contribution in [2.24, 2.45) is 0 Å². The summed E-state index contributed by atoms with van der Waals surface area (Å²) in [6, 6.07) is 8.22. The largest absolute Gasteiger partial charge is 0.372 e. The van der Waals surface area contributed by atoms with Crippen LogP contribution in [0, 0.1) is 0 Å². The first-order chi connectivity index (χ1) is 10.2. The molecule has 1 aromatic rings. The average molecular weight is 290 g/mol. The molecular weight excluding hydrogens is 264 g/mol. The third-order valence-corrected chi connectivity index (χ3v) is 4.15. The molecule has 0 aromatic heterocycles. The lowest BCUT2D eigenvalue weighted by molar-refractivity contribution is -0.132. The van der Waals surface area contributed by atoms with E-state index in [9.17, 15) is 4.79 Å². The molecule has 0 fully saturated rings. The van der Waals surface area contributed by atoms with E-state index < -0.39 is 0 Å². The first-order valence-corrected chi connectivity index (χ1v) is 7.88. The van der Waals surface area contributed by atoms with Gasteiger partial charge in [-0.25, -0.2) is 0 Å². The van der Waals surface area contributed by atoms with Crippen molar-refractivity contribution >= 4 is 5.91 Å². The van der Waals surface area contributed by atoms with Crippen LogP contribution >= 0.6 is 0 Å². The molecule has 1 amide bonds. The predicted octanol–water partition coefficient (Wildman–Crippen LogP) is 2.15. The molecule has 2 unspecified atom stereocenters. The number of amides is 1. The van der Waals surface area contributed by atoms with Crippen molar-refractivity contribution in [1.82, 2.24) is 10.2 Å². The lowest BCUT2D eigenvalue weighted by Crippen LogP contribution is -2.46. The van der Waals surface area contributed by atoms with Crippen molar-refractivity contribution in [3.8, 4) is 0 Å². The highest BCUT2D eigenvalue weighted by molar-refractivity contribution is 5.81. The van der Waals surface area contributed by atoms with Crippen molar-refractivity contribution in [2.75, 3.05) is 26.2 Å². The first-order valence-electron chi connectivity index (χ1n) is 7.88. The highest BCUT2D eigenvalue weighted by Gasteiger charge is 2.23. The number of carbonyl (C=O) groups is 1. The monoisotopic (exact) mass is 290 g/mol. The summed E-state index contributed by atoms with van der Waals surface area (Å²) < 4.78 is 5.86. The van der Waals surface area contributed by atoms with Crippen LogP contribution in [-0.4, -0.2) is 43.1 Å². The fraction of sp³-hybridized carbons (Fsp3) is 0.588. The SMILES string of the molecule is CCN(CC)C(=O)C(C)NCC1OCCc2ccccc21. The zero-order valence-corrected chi connectivity index (χ0v) is 13.3. The second-order valence-corrected chi connectivity index (χ2v) is 5.45. The first kappa shape index (κ1) is 16.0. The van der Waals surface area contributed by atoms with Gasteiger partial charge in [0, 0.05) is 19.6 Å². The third kappa shape index (κ3) is 3.83. The highest BCUT2D eigenvalue weighted by atomic mass is 16.5. The molecule has 0 bridgehead atoms. The van der Waals surface area contributed by atoms with Crippen molar-refractivity contribution in [1.29, 1.82) is 0 Å². The van der Waals surface area contributed by atoms with Gasteiger partial charge in [-0.05, 0) is 38.3 Å². The van der Waals surface area contributed by atoms with Crippen LogP contribution < -0.4 is 5.32 Å². The minimum absolute atomic E-state index is 0.0434. The topological polar surface area (TPSA) is 41.6 Å². The van der Waals surface area contributed by atoms with Crippen LogP contribution in [0.25, 0.3) is 0 Å². The van der Waals surface area contributed by atoms with Crippen LogP contribution in [-0.2, 0) is 16.0 Å². The second kappa shape index (κ2) is 7.57. The Morgan fingerprint density at radius 1 is 1.38 bits per heavy atom. The van der Waals surface area contributed by atoms with E-state index in [1.807, 2.05) is 31.7 Å². The van der Waals surface area contributed by atoms with Crippen molar-refractivity contribution in [3.05, 3.63) is 35.4 Å². The molecule has 0 saturated heterocycles. The number of fused-ring (bicyclic) bond motifs is 1. The van der Waals surface area contributed by atoms with Crippen LogP contribution in [0.1, 0.15) is 38.0 Å². The van der Waals surface area contributed by atoms with Gasteiger partial charge in [-0.1, -0.05) is 24.3 Å². The third-order valence-electron chi connectivity index (χ3n) is 4.15. The van der Waals surface area contributed by atoms with E-state index in [4.69, 9.17) is 4.74 Å². The van der Waals surface area contributed by atoms with E-state index in [1.165, 1.54) is 11.1 Å². The average Bonchev–Trinajstić information content (AvgIpc) is 2.53. The van der Waals surface area contributed by atoms with Gasteiger partial charge in [-0.3, -0.25) is 4.79 Å². The molecule has 0 saturated carbocycles. The summed E-state index contributed by atoms with van der Waals surface area (Å²) >= 11 is 0. The minimum atomic E-state index is -0.178. The number of nitrogens with one attached hydrogen (secondary N) is 1. The Labute approximate surface area is 127 Å². The summed E-state index contributed by atoms with van der Waals surface area (Å²) in [7, 11) is 0. The summed E-state index contributed by atoms with van der Waals surface area (Å²) in [5, 5.41) is 3.33. The Morgan fingerprint density at radius 3 is 2.81 bits per heavy atom. The van der Waals surface area contributed by atoms with Crippen LogP contribution in [0.4, 0.5) is 0 Å². The number of nitrogens with zero attached hydrogens (tertiary/aromatic N) is 1. The van der Waals surface area contributed by atoms with Gasteiger partial charge in [0.15, 0.2) is 0 Å². The van der Waals surface area contributed by atoms with Gasteiger partial charge in [0.1, 0.15) is 0 Å². The number of rotatable bonds is 6. The van der Waals surface area contributed by atoms with Gasteiger partial charge in [-0.15, -0.1) is 0 Å². The maximum absolute atomic E-state index is 12.2. The van der Waals surface area contributed by atoms with Gasteiger partial charge in [-0.2, -0.15) is 0 Å². The van der Waals surface area contributed by atoms with E-state index in [1.54, 1.807) is 0 Å². The molecule has 1 N–H and O–H groups in total. The molecule has 1 heterocycles. The molecular formula is C17H26N2O2. The number of ether oxygens (including phenoxy) is 1. The van der Waals surface area contributed by atoms with Crippen LogP contribution in [0.15, 0.2) is 24.3 Å². The molecule has 0 spiro atoms. The standard InChI is InChI=1S/C17H26N2O2/c1-4-19(5-2)17(20)13(3)18-12-16-15-9-7-6-8-14(15)10-11-21-16/h6-9,13,16,18H,4-5,10-12H2,1-3H3.